The first kappa shape index (κ1) is 29.5. The van der Waals surface area contributed by atoms with Gasteiger partial charge < -0.3 is 26.6 Å². The summed E-state index contributed by atoms with van der Waals surface area (Å²) in [5, 5.41) is 25.3. The fraction of sp³-hybridized carbons (Fsp3) is 0.308. The minimum atomic E-state index is -1.47. The number of pyridine rings is 1. The summed E-state index contributed by atoms with van der Waals surface area (Å²) in [4.78, 5) is 41.1. The molecule has 0 unspecified atom stereocenters. The minimum Gasteiger partial charge on any atom is -0.465 e. The fourth-order valence-corrected chi connectivity index (χ4v) is 4.75. The molecule has 0 radical (unpaired) electrons. The van der Waals surface area contributed by atoms with Gasteiger partial charge >= 0.3 is 6.09 Å². The number of primary amides is 1. The summed E-state index contributed by atoms with van der Waals surface area (Å²) in [6.45, 7) is 5.72. The van der Waals surface area contributed by atoms with Crippen LogP contribution in [0.4, 0.5) is 24.4 Å². The van der Waals surface area contributed by atoms with Crippen LogP contribution in [0.2, 0.25) is 0 Å². The molecule has 2 aromatic heterocycles. The molecule has 2 heterocycles. The third-order valence-corrected chi connectivity index (χ3v) is 6.52. The predicted octanol–water partition coefficient (Wildman–Crippen LogP) is 4.16. The zero-order valence-electron chi connectivity index (χ0n) is 21.7. The third kappa shape index (κ3) is 7.48. The standard InChI is InChI=1S/C26H29F2N5O5S/c1-13(2)30-21(34)12-33(25(36)37)11-15-6-5-7-20(31-15)32-24-16(23(29)35)10-19(39-24)22-17(27)8-14(9-18(22)28)26(3,4)38/h5-10,13,38H,11-12H2,1-4H3,(H2,29,35)(H,30,34)(H,31,32)(H,36,37). The van der Waals surface area contributed by atoms with Gasteiger partial charge in [-0.15, -0.1) is 11.3 Å². The molecule has 6 N–H and O–H groups in total. The summed E-state index contributed by atoms with van der Waals surface area (Å²) >= 11 is 0.864. The number of aromatic nitrogens is 1. The highest BCUT2D eigenvalue weighted by Gasteiger charge is 2.25. The van der Waals surface area contributed by atoms with E-state index < -0.39 is 41.7 Å². The number of hydrogen-bond acceptors (Lipinski definition) is 7. The van der Waals surface area contributed by atoms with Crippen LogP contribution >= 0.6 is 11.3 Å². The zero-order chi connectivity index (χ0) is 29.1. The molecule has 0 fully saturated rings. The van der Waals surface area contributed by atoms with Gasteiger partial charge in [-0.05, 0) is 63.6 Å². The van der Waals surface area contributed by atoms with Gasteiger partial charge in [0.05, 0.1) is 29.0 Å². The van der Waals surface area contributed by atoms with Gasteiger partial charge in [0.15, 0.2) is 0 Å². The Labute approximate surface area is 227 Å². The molecule has 13 heteroatoms. The molecule has 0 spiro atoms. The van der Waals surface area contributed by atoms with Crippen molar-refractivity contribution in [3.05, 3.63) is 64.9 Å². The Kier molecular flexibility index (Phi) is 8.87. The van der Waals surface area contributed by atoms with Crippen molar-refractivity contribution in [2.75, 3.05) is 11.9 Å². The molecular weight excluding hydrogens is 532 g/mol. The summed E-state index contributed by atoms with van der Waals surface area (Å²) in [6, 6.07) is 7.84. The van der Waals surface area contributed by atoms with E-state index in [1.165, 1.54) is 19.9 Å². The number of carbonyl (C=O) groups is 3. The van der Waals surface area contributed by atoms with Crippen molar-refractivity contribution in [1.82, 2.24) is 15.2 Å². The number of anilines is 2. The molecule has 1 aromatic carbocycles. The maximum absolute atomic E-state index is 14.9. The SMILES string of the molecule is CC(C)NC(=O)CN(Cc1cccc(Nc2sc(-c3c(F)cc(C(C)(C)O)cc3F)cc2C(N)=O)n1)C(=O)O. The van der Waals surface area contributed by atoms with Crippen molar-refractivity contribution in [2.45, 2.75) is 45.9 Å². The van der Waals surface area contributed by atoms with Gasteiger partial charge in [-0.25, -0.2) is 18.6 Å². The van der Waals surface area contributed by atoms with Crippen LogP contribution in [0.3, 0.4) is 0 Å². The summed E-state index contributed by atoms with van der Waals surface area (Å²) in [5.41, 5.74) is 3.96. The smallest absolute Gasteiger partial charge is 0.408 e. The Bertz CT molecular complexity index is 1380. The van der Waals surface area contributed by atoms with Crippen LogP contribution in [0.1, 0.15) is 49.3 Å². The third-order valence-electron chi connectivity index (χ3n) is 5.45. The van der Waals surface area contributed by atoms with Crippen LogP contribution in [0, 0.1) is 11.6 Å². The highest BCUT2D eigenvalue weighted by molar-refractivity contribution is 7.20. The number of benzene rings is 1. The van der Waals surface area contributed by atoms with Crippen molar-refractivity contribution in [2.24, 2.45) is 5.73 Å². The van der Waals surface area contributed by atoms with E-state index in [1.807, 2.05) is 0 Å². The Morgan fingerprint density at radius 3 is 2.33 bits per heavy atom. The van der Waals surface area contributed by atoms with Gasteiger partial charge in [-0.1, -0.05) is 6.07 Å². The molecule has 39 heavy (non-hydrogen) atoms. The molecule has 3 amide bonds. The number of amides is 3. The summed E-state index contributed by atoms with van der Waals surface area (Å²) in [6.07, 6.45) is -1.31. The van der Waals surface area contributed by atoms with Crippen molar-refractivity contribution in [1.29, 1.82) is 0 Å². The largest absolute Gasteiger partial charge is 0.465 e. The molecule has 0 aliphatic carbocycles. The van der Waals surface area contributed by atoms with Gasteiger partial charge in [-0.2, -0.15) is 0 Å². The Morgan fingerprint density at radius 1 is 1.15 bits per heavy atom. The predicted molar refractivity (Wildman–Crippen MR) is 143 cm³/mol. The Balaban J connectivity index is 1.90. The van der Waals surface area contributed by atoms with E-state index in [2.05, 4.69) is 15.6 Å². The number of carbonyl (C=O) groups excluding carboxylic acids is 2. The van der Waals surface area contributed by atoms with E-state index in [1.54, 1.807) is 32.0 Å². The molecule has 10 nitrogen and oxygen atoms in total. The molecule has 3 aromatic rings. The van der Waals surface area contributed by atoms with Crippen LogP contribution in [0.25, 0.3) is 10.4 Å². The van der Waals surface area contributed by atoms with E-state index in [9.17, 15) is 33.4 Å². The van der Waals surface area contributed by atoms with E-state index in [0.717, 1.165) is 28.4 Å². The van der Waals surface area contributed by atoms with E-state index in [4.69, 9.17) is 5.73 Å². The molecule has 0 saturated carbocycles. The quantitative estimate of drug-likeness (QED) is 0.249. The maximum Gasteiger partial charge on any atom is 0.408 e. The normalized spacial score (nSPS) is 11.4. The van der Waals surface area contributed by atoms with Gasteiger partial charge in [0, 0.05) is 10.9 Å². The van der Waals surface area contributed by atoms with Crippen molar-refractivity contribution in [3.63, 3.8) is 0 Å². The number of carboxylic acid groups (broad SMARTS) is 1. The lowest BCUT2D eigenvalue weighted by atomic mass is 9.96. The number of nitrogens with one attached hydrogen (secondary N) is 2. The summed E-state index contributed by atoms with van der Waals surface area (Å²) in [7, 11) is 0. The molecule has 0 bridgehead atoms. The number of thiophene rings is 1. The lowest BCUT2D eigenvalue weighted by molar-refractivity contribution is -0.122. The second-order valence-corrected chi connectivity index (χ2v) is 10.6. The molecule has 0 aliphatic rings. The van der Waals surface area contributed by atoms with Gasteiger partial charge in [0.2, 0.25) is 5.91 Å². The van der Waals surface area contributed by atoms with E-state index in [-0.39, 0.29) is 45.0 Å². The molecule has 0 saturated heterocycles. The fourth-order valence-electron chi connectivity index (χ4n) is 3.63. The van der Waals surface area contributed by atoms with Gasteiger partial charge in [0.1, 0.15) is 29.0 Å². The Morgan fingerprint density at radius 2 is 1.79 bits per heavy atom. The molecular formula is C26H29F2N5O5S. The first-order chi connectivity index (χ1) is 18.1. The second kappa shape index (κ2) is 11.7. The number of aliphatic hydroxyl groups is 1. The van der Waals surface area contributed by atoms with Crippen LogP contribution in [0.15, 0.2) is 36.4 Å². The van der Waals surface area contributed by atoms with Crippen LogP contribution < -0.4 is 16.4 Å². The number of nitrogens with zero attached hydrogens (tertiary/aromatic N) is 2. The van der Waals surface area contributed by atoms with Gasteiger partial charge in [-0.3, -0.25) is 14.5 Å². The first-order valence-corrected chi connectivity index (χ1v) is 12.6. The molecule has 0 atom stereocenters. The van der Waals surface area contributed by atoms with Crippen molar-refractivity contribution < 1.29 is 33.4 Å². The Hall–Kier alpha value is -4.10. The van der Waals surface area contributed by atoms with E-state index in [0.29, 0.717) is 5.69 Å². The number of nitrogens with two attached hydrogens (primary N) is 1. The second-order valence-electron chi connectivity index (χ2n) is 9.59. The molecule has 208 valence electrons. The van der Waals surface area contributed by atoms with Crippen LogP contribution in [-0.2, 0) is 16.9 Å². The monoisotopic (exact) mass is 561 g/mol. The van der Waals surface area contributed by atoms with Gasteiger partial charge in [0.25, 0.3) is 5.91 Å². The highest BCUT2D eigenvalue weighted by Crippen LogP contribution is 2.40. The van der Waals surface area contributed by atoms with Crippen molar-refractivity contribution >= 4 is 40.1 Å². The van der Waals surface area contributed by atoms with Crippen LogP contribution in [0.5, 0.6) is 0 Å². The van der Waals surface area contributed by atoms with Crippen LogP contribution in [-0.4, -0.2) is 50.6 Å². The lowest BCUT2D eigenvalue weighted by Crippen LogP contribution is -2.42. The highest BCUT2D eigenvalue weighted by atomic mass is 32.1. The number of hydrogen-bond donors (Lipinski definition) is 5. The average molecular weight is 562 g/mol. The average Bonchev–Trinajstić information content (AvgIpc) is 3.20. The lowest BCUT2D eigenvalue weighted by Gasteiger charge is -2.19. The number of halogens is 2. The molecule has 3 rings (SSSR count). The first-order valence-electron chi connectivity index (χ1n) is 11.8. The molecule has 0 aliphatic heterocycles. The number of rotatable bonds is 10. The van der Waals surface area contributed by atoms with E-state index >= 15 is 0 Å². The maximum atomic E-state index is 14.9. The summed E-state index contributed by atoms with van der Waals surface area (Å²) in [5.74, 6) is -2.95. The summed E-state index contributed by atoms with van der Waals surface area (Å²) < 4.78 is 29.8. The topological polar surface area (TPSA) is 158 Å². The van der Waals surface area contributed by atoms with Crippen molar-refractivity contribution in [3.8, 4) is 10.4 Å². The zero-order valence-corrected chi connectivity index (χ0v) is 22.5. The minimum absolute atomic E-state index is 0.0370.